The second kappa shape index (κ2) is 6.25. The number of esters is 1. The number of hydrogen-bond acceptors (Lipinski definition) is 4. The van der Waals surface area contributed by atoms with Gasteiger partial charge in [0, 0.05) is 6.54 Å². The van der Waals surface area contributed by atoms with Gasteiger partial charge in [0.25, 0.3) is 0 Å². The number of carbonyl (C=O) groups excluding carboxylic acids is 1. The molecule has 1 unspecified atom stereocenters. The van der Waals surface area contributed by atoms with Crippen LogP contribution in [0, 0.1) is 0 Å². The Balaban J connectivity index is 2.43. The summed E-state index contributed by atoms with van der Waals surface area (Å²) in [6, 6.07) is 8.52. The van der Waals surface area contributed by atoms with Gasteiger partial charge in [0.05, 0.1) is 0 Å². The van der Waals surface area contributed by atoms with Gasteiger partial charge in [0.1, 0.15) is 12.6 Å². The van der Waals surface area contributed by atoms with Crippen molar-refractivity contribution in [1.82, 2.24) is 4.90 Å². The van der Waals surface area contributed by atoms with Gasteiger partial charge >= 0.3 is 5.97 Å². The van der Waals surface area contributed by atoms with Crippen molar-refractivity contribution in [3.05, 3.63) is 35.9 Å². The van der Waals surface area contributed by atoms with Crippen LogP contribution in [0.3, 0.4) is 0 Å². The molecule has 0 saturated carbocycles. The molecular formula is C12H18N2O2. The minimum atomic E-state index is -0.691. The highest BCUT2D eigenvalue weighted by Gasteiger charge is 2.16. The number of benzene rings is 1. The van der Waals surface area contributed by atoms with E-state index in [4.69, 9.17) is 10.5 Å². The van der Waals surface area contributed by atoms with E-state index in [1.165, 1.54) is 0 Å². The molecule has 1 aromatic carbocycles. The average Bonchev–Trinajstić information content (AvgIpc) is 2.28. The summed E-state index contributed by atoms with van der Waals surface area (Å²) in [7, 11) is 3.84. The van der Waals surface area contributed by atoms with E-state index in [2.05, 4.69) is 0 Å². The second-order valence-electron chi connectivity index (χ2n) is 3.86. The first-order valence-corrected chi connectivity index (χ1v) is 5.23. The predicted molar refractivity (Wildman–Crippen MR) is 62.9 cm³/mol. The molecule has 4 nitrogen and oxygen atoms in total. The topological polar surface area (TPSA) is 55.6 Å². The molecule has 1 aromatic rings. The molecule has 16 heavy (non-hydrogen) atoms. The fraction of sp³-hybridized carbons (Fsp3) is 0.417. The third-order valence-electron chi connectivity index (χ3n) is 2.20. The third-order valence-corrected chi connectivity index (χ3v) is 2.20. The van der Waals surface area contributed by atoms with E-state index < -0.39 is 6.04 Å². The average molecular weight is 222 g/mol. The van der Waals surface area contributed by atoms with E-state index in [9.17, 15) is 4.79 Å². The molecule has 2 N–H and O–H groups in total. The van der Waals surface area contributed by atoms with Crippen molar-refractivity contribution in [2.24, 2.45) is 5.73 Å². The van der Waals surface area contributed by atoms with Gasteiger partial charge in [-0.25, -0.2) is 4.79 Å². The molecule has 0 aliphatic carbocycles. The number of hydrogen-bond donors (Lipinski definition) is 1. The van der Waals surface area contributed by atoms with Crippen LogP contribution in [0.4, 0.5) is 0 Å². The van der Waals surface area contributed by atoms with E-state index in [1.807, 2.05) is 49.3 Å². The highest BCUT2D eigenvalue weighted by Crippen LogP contribution is 2.10. The third kappa shape index (κ3) is 4.00. The van der Waals surface area contributed by atoms with Gasteiger partial charge in [-0.2, -0.15) is 0 Å². The van der Waals surface area contributed by atoms with Gasteiger partial charge in [-0.15, -0.1) is 0 Å². The Bertz CT molecular complexity index is 325. The SMILES string of the molecule is CN(C)CCOC(=O)C(N)c1ccccc1. The molecule has 88 valence electrons. The molecule has 0 saturated heterocycles. The zero-order valence-corrected chi connectivity index (χ0v) is 9.72. The van der Waals surface area contributed by atoms with Crippen molar-refractivity contribution >= 4 is 5.97 Å². The zero-order valence-electron chi connectivity index (χ0n) is 9.72. The normalized spacial score (nSPS) is 12.5. The first-order chi connectivity index (χ1) is 7.61. The van der Waals surface area contributed by atoms with Crippen LogP contribution in [0.2, 0.25) is 0 Å². The molecule has 0 fully saturated rings. The van der Waals surface area contributed by atoms with Crippen LogP contribution in [-0.2, 0) is 9.53 Å². The lowest BCUT2D eigenvalue weighted by Crippen LogP contribution is -2.27. The number of nitrogens with zero attached hydrogens (tertiary/aromatic N) is 1. The molecule has 0 amide bonds. The van der Waals surface area contributed by atoms with Crippen molar-refractivity contribution in [3.63, 3.8) is 0 Å². The molecule has 1 atom stereocenters. The Labute approximate surface area is 96.0 Å². The largest absolute Gasteiger partial charge is 0.463 e. The van der Waals surface area contributed by atoms with E-state index in [0.717, 1.165) is 5.56 Å². The zero-order chi connectivity index (χ0) is 12.0. The van der Waals surface area contributed by atoms with Gasteiger partial charge in [-0.05, 0) is 19.7 Å². The summed E-state index contributed by atoms with van der Waals surface area (Å²) in [6.45, 7) is 1.07. The van der Waals surface area contributed by atoms with Gasteiger partial charge in [-0.3, -0.25) is 0 Å². The smallest absolute Gasteiger partial charge is 0.327 e. The molecule has 1 rings (SSSR count). The van der Waals surface area contributed by atoms with Gasteiger partial charge in [-0.1, -0.05) is 30.3 Å². The summed E-state index contributed by atoms with van der Waals surface area (Å²) in [5.41, 5.74) is 6.54. The summed E-state index contributed by atoms with van der Waals surface area (Å²) < 4.78 is 5.06. The minimum absolute atomic E-state index is 0.367. The van der Waals surface area contributed by atoms with Crippen LogP contribution in [0.5, 0.6) is 0 Å². The maximum absolute atomic E-state index is 11.6. The van der Waals surface area contributed by atoms with Gasteiger partial charge in [0.2, 0.25) is 0 Å². The fourth-order valence-corrected chi connectivity index (χ4v) is 1.22. The number of likely N-dealkylation sites (N-methyl/N-ethyl adjacent to an activating group) is 1. The van der Waals surface area contributed by atoms with E-state index in [1.54, 1.807) is 0 Å². The Hall–Kier alpha value is -1.39. The molecule has 0 radical (unpaired) electrons. The van der Waals surface area contributed by atoms with E-state index in [0.29, 0.717) is 13.2 Å². The molecular weight excluding hydrogens is 204 g/mol. The van der Waals surface area contributed by atoms with Gasteiger partial charge in [0.15, 0.2) is 0 Å². The summed E-state index contributed by atoms with van der Waals surface area (Å²) in [4.78, 5) is 13.5. The summed E-state index contributed by atoms with van der Waals surface area (Å²) in [5.74, 6) is -0.381. The lowest BCUT2D eigenvalue weighted by Gasteiger charge is -2.13. The van der Waals surface area contributed by atoms with E-state index >= 15 is 0 Å². The number of carbonyl (C=O) groups is 1. The highest BCUT2D eigenvalue weighted by molar-refractivity contribution is 5.77. The van der Waals surface area contributed by atoms with E-state index in [-0.39, 0.29) is 5.97 Å². The summed E-state index contributed by atoms with van der Waals surface area (Å²) in [6.07, 6.45) is 0. The molecule has 4 heteroatoms. The van der Waals surface area contributed by atoms with Crippen LogP contribution < -0.4 is 5.73 Å². The number of nitrogens with two attached hydrogens (primary N) is 1. The molecule has 0 aliphatic rings. The van der Waals surface area contributed by atoms with Crippen molar-refractivity contribution < 1.29 is 9.53 Å². The number of rotatable bonds is 5. The second-order valence-corrected chi connectivity index (χ2v) is 3.86. The molecule has 0 bridgehead atoms. The lowest BCUT2D eigenvalue weighted by molar-refractivity contribution is -0.145. The van der Waals surface area contributed by atoms with Crippen LogP contribution >= 0.6 is 0 Å². The first kappa shape index (κ1) is 12.7. The molecule has 0 spiro atoms. The van der Waals surface area contributed by atoms with Crippen molar-refractivity contribution in [1.29, 1.82) is 0 Å². The van der Waals surface area contributed by atoms with Crippen LogP contribution in [0.1, 0.15) is 11.6 Å². The van der Waals surface area contributed by atoms with Crippen molar-refractivity contribution in [2.75, 3.05) is 27.2 Å². The standard InChI is InChI=1S/C12H18N2O2/c1-14(2)8-9-16-12(15)11(13)10-6-4-3-5-7-10/h3-7,11H,8-9,13H2,1-2H3. The molecule has 0 heterocycles. The van der Waals surface area contributed by atoms with Crippen LogP contribution in [0.25, 0.3) is 0 Å². The quantitative estimate of drug-likeness (QED) is 0.748. The lowest BCUT2D eigenvalue weighted by atomic mass is 10.1. The van der Waals surface area contributed by atoms with Gasteiger partial charge < -0.3 is 15.4 Å². The van der Waals surface area contributed by atoms with Crippen LogP contribution in [-0.4, -0.2) is 38.1 Å². The Morgan fingerprint density at radius 2 is 2.00 bits per heavy atom. The van der Waals surface area contributed by atoms with Crippen LogP contribution in [0.15, 0.2) is 30.3 Å². The summed E-state index contributed by atoms with van der Waals surface area (Å²) >= 11 is 0. The maximum atomic E-state index is 11.6. The monoisotopic (exact) mass is 222 g/mol. The molecule has 0 aromatic heterocycles. The Morgan fingerprint density at radius 3 is 2.56 bits per heavy atom. The highest BCUT2D eigenvalue weighted by atomic mass is 16.5. The Kier molecular flexibility index (Phi) is 4.95. The van der Waals surface area contributed by atoms with Crippen molar-refractivity contribution in [2.45, 2.75) is 6.04 Å². The summed E-state index contributed by atoms with van der Waals surface area (Å²) in [5, 5.41) is 0. The van der Waals surface area contributed by atoms with Crippen molar-refractivity contribution in [3.8, 4) is 0 Å². The first-order valence-electron chi connectivity index (χ1n) is 5.23. The fourth-order valence-electron chi connectivity index (χ4n) is 1.22. The minimum Gasteiger partial charge on any atom is -0.463 e. The number of ether oxygens (including phenoxy) is 1. The molecule has 0 aliphatic heterocycles. The predicted octanol–water partition coefficient (Wildman–Crippen LogP) is 0.791. The Morgan fingerprint density at radius 1 is 1.38 bits per heavy atom. The maximum Gasteiger partial charge on any atom is 0.327 e.